The van der Waals surface area contributed by atoms with Crippen LogP contribution < -0.4 is 15.2 Å². The molecule has 1 aromatic heterocycles. The van der Waals surface area contributed by atoms with Crippen molar-refractivity contribution in [3.63, 3.8) is 0 Å². The molecular formula is C17H17N3O3. The van der Waals surface area contributed by atoms with Gasteiger partial charge in [-0.25, -0.2) is 14.5 Å². The average Bonchev–Trinajstić information content (AvgIpc) is 2.95. The van der Waals surface area contributed by atoms with Crippen molar-refractivity contribution in [2.45, 2.75) is 6.42 Å². The number of para-hydroxylation sites is 2. The molecule has 0 fully saturated rings. The van der Waals surface area contributed by atoms with Crippen LogP contribution in [-0.2, 0) is 6.42 Å². The topological polar surface area (TPSA) is 69.1 Å². The van der Waals surface area contributed by atoms with E-state index in [1.807, 2.05) is 48.5 Å². The summed E-state index contributed by atoms with van der Waals surface area (Å²) in [7, 11) is 3.20. The normalized spacial score (nSPS) is 10.5. The van der Waals surface area contributed by atoms with Crippen LogP contribution >= 0.6 is 0 Å². The van der Waals surface area contributed by atoms with Gasteiger partial charge < -0.3 is 9.47 Å². The summed E-state index contributed by atoms with van der Waals surface area (Å²) >= 11 is 0. The smallest absolute Gasteiger partial charge is 0.348 e. The highest BCUT2D eigenvalue weighted by molar-refractivity contribution is 5.47. The number of H-pyrrole nitrogens is 1. The van der Waals surface area contributed by atoms with Crippen LogP contribution in [0.5, 0.6) is 11.5 Å². The van der Waals surface area contributed by atoms with Gasteiger partial charge in [-0.3, -0.25) is 0 Å². The van der Waals surface area contributed by atoms with Crippen LogP contribution in [0.4, 0.5) is 0 Å². The highest BCUT2D eigenvalue weighted by Crippen LogP contribution is 2.22. The molecule has 0 aliphatic carbocycles. The third kappa shape index (κ3) is 2.96. The Morgan fingerprint density at radius 1 is 1.04 bits per heavy atom. The van der Waals surface area contributed by atoms with Gasteiger partial charge in [0.2, 0.25) is 0 Å². The minimum Gasteiger partial charge on any atom is -0.497 e. The standard InChI is InChI=1S/C17H17N3O3/c1-22-13-9-7-12(8-10-13)11-16-18-19-17(21)20(16)14-5-3-4-6-15(14)23-2/h3-10H,11H2,1-2H3,(H,19,21). The molecule has 3 rings (SSSR count). The molecule has 0 unspecified atom stereocenters. The van der Waals surface area contributed by atoms with Crippen molar-refractivity contribution in [2.24, 2.45) is 0 Å². The van der Waals surface area contributed by atoms with E-state index in [2.05, 4.69) is 10.2 Å². The summed E-state index contributed by atoms with van der Waals surface area (Å²) in [5, 5.41) is 6.65. The van der Waals surface area contributed by atoms with Crippen LogP contribution in [0.25, 0.3) is 5.69 Å². The highest BCUT2D eigenvalue weighted by Gasteiger charge is 2.14. The van der Waals surface area contributed by atoms with E-state index in [1.54, 1.807) is 14.2 Å². The lowest BCUT2D eigenvalue weighted by Gasteiger charge is -2.10. The Hall–Kier alpha value is -3.02. The Bertz CT molecular complexity index is 850. The lowest BCUT2D eigenvalue weighted by Crippen LogP contribution is -2.17. The van der Waals surface area contributed by atoms with Gasteiger partial charge in [-0.2, -0.15) is 5.10 Å². The molecule has 3 aromatic rings. The Labute approximate surface area is 133 Å². The number of rotatable bonds is 5. The van der Waals surface area contributed by atoms with Crippen molar-refractivity contribution in [3.05, 3.63) is 70.4 Å². The molecule has 0 aliphatic rings. The summed E-state index contributed by atoms with van der Waals surface area (Å²) in [6.45, 7) is 0. The number of aromatic amines is 1. The van der Waals surface area contributed by atoms with E-state index in [0.29, 0.717) is 23.7 Å². The first-order valence-corrected chi connectivity index (χ1v) is 7.15. The van der Waals surface area contributed by atoms with Gasteiger partial charge in [0.15, 0.2) is 0 Å². The molecule has 23 heavy (non-hydrogen) atoms. The first kappa shape index (κ1) is 14.9. The van der Waals surface area contributed by atoms with Gasteiger partial charge in [0.1, 0.15) is 17.3 Å². The number of ether oxygens (including phenoxy) is 2. The lowest BCUT2D eigenvalue weighted by molar-refractivity contribution is 0.412. The second-order valence-corrected chi connectivity index (χ2v) is 4.98. The SMILES string of the molecule is COc1ccc(Cc2n[nH]c(=O)n2-c2ccccc2OC)cc1. The maximum Gasteiger partial charge on any atom is 0.348 e. The first-order valence-electron chi connectivity index (χ1n) is 7.15. The number of methoxy groups -OCH3 is 2. The zero-order chi connectivity index (χ0) is 16.2. The maximum absolute atomic E-state index is 12.2. The number of nitrogens with one attached hydrogen (secondary N) is 1. The molecule has 0 amide bonds. The molecule has 118 valence electrons. The molecule has 1 heterocycles. The molecule has 0 radical (unpaired) electrons. The second-order valence-electron chi connectivity index (χ2n) is 4.98. The largest absolute Gasteiger partial charge is 0.497 e. The molecule has 6 nitrogen and oxygen atoms in total. The highest BCUT2D eigenvalue weighted by atomic mass is 16.5. The quantitative estimate of drug-likeness (QED) is 0.784. The number of hydrogen-bond acceptors (Lipinski definition) is 4. The fourth-order valence-electron chi connectivity index (χ4n) is 2.44. The fourth-order valence-corrected chi connectivity index (χ4v) is 2.44. The molecule has 2 aromatic carbocycles. The summed E-state index contributed by atoms with van der Waals surface area (Å²) in [6, 6.07) is 15.0. The van der Waals surface area contributed by atoms with Crippen molar-refractivity contribution in [3.8, 4) is 17.2 Å². The molecule has 6 heteroatoms. The summed E-state index contributed by atoms with van der Waals surface area (Å²) < 4.78 is 12.0. The summed E-state index contributed by atoms with van der Waals surface area (Å²) in [6.07, 6.45) is 0.515. The Kier molecular flexibility index (Phi) is 4.14. The van der Waals surface area contributed by atoms with Gasteiger partial charge in [-0.15, -0.1) is 0 Å². The minimum absolute atomic E-state index is 0.294. The van der Waals surface area contributed by atoms with Gasteiger partial charge in [-0.1, -0.05) is 24.3 Å². The van der Waals surface area contributed by atoms with Gasteiger partial charge >= 0.3 is 5.69 Å². The van der Waals surface area contributed by atoms with Crippen LogP contribution in [0.2, 0.25) is 0 Å². The molecule has 1 N–H and O–H groups in total. The lowest BCUT2D eigenvalue weighted by atomic mass is 10.1. The summed E-state index contributed by atoms with van der Waals surface area (Å²) in [5.74, 6) is 2.02. The molecule has 0 spiro atoms. The second kappa shape index (κ2) is 6.39. The molecule has 0 saturated heterocycles. The number of aromatic nitrogens is 3. The van der Waals surface area contributed by atoms with E-state index in [4.69, 9.17) is 9.47 Å². The van der Waals surface area contributed by atoms with Gasteiger partial charge in [-0.05, 0) is 29.8 Å². The molecule has 0 bridgehead atoms. The zero-order valence-corrected chi connectivity index (χ0v) is 12.9. The van der Waals surface area contributed by atoms with Crippen molar-refractivity contribution in [1.29, 1.82) is 0 Å². The number of nitrogens with zero attached hydrogens (tertiary/aromatic N) is 2. The fraction of sp³-hybridized carbons (Fsp3) is 0.176. The average molecular weight is 311 g/mol. The van der Waals surface area contributed by atoms with Gasteiger partial charge in [0.05, 0.1) is 19.9 Å². The zero-order valence-electron chi connectivity index (χ0n) is 12.9. The van der Waals surface area contributed by atoms with Crippen molar-refractivity contribution in [2.75, 3.05) is 14.2 Å². The van der Waals surface area contributed by atoms with Crippen molar-refractivity contribution < 1.29 is 9.47 Å². The third-order valence-electron chi connectivity index (χ3n) is 3.59. The molecular weight excluding hydrogens is 294 g/mol. The molecule has 0 aliphatic heterocycles. The molecule has 0 atom stereocenters. The number of benzene rings is 2. The van der Waals surface area contributed by atoms with Crippen LogP contribution in [0, 0.1) is 0 Å². The van der Waals surface area contributed by atoms with E-state index in [1.165, 1.54) is 4.57 Å². The monoisotopic (exact) mass is 311 g/mol. The van der Waals surface area contributed by atoms with E-state index in [0.717, 1.165) is 11.3 Å². The van der Waals surface area contributed by atoms with Crippen LogP contribution in [0.1, 0.15) is 11.4 Å². The summed E-state index contributed by atoms with van der Waals surface area (Å²) in [5.41, 5.74) is 1.40. The van der Waals surface area contributed by atoms with E-state index in [9.17, 15) is 4.79 Å². The predicted molar refractivity (Wildman–Crippen MR) is 86.5 cm³/mol. The number of hydrogen-bond donors (Lipinski definition) is 1. The molecule has 0 saturated carbocycles. The van der Waals surface area contributed by atoms with E-state index in [-0.39, 0.29) is 5.69 Å². The Morgan fingerprint density at radius 3 is 2.48 bits per heavy atom. The van der Waals surface area contributed by atoms with Crippen LogP contribution in [0.3, 0.4) is 0 Å². The Balaban J connectivity index is 2.00. The third-order valence-corrected chi connectivity index (χ3v) is 3.59. The predicted octanol–water partition coefficient (Wildman–Crippen LogP) is 2.17. The van der Waals surface area contributed by atoms with Crippen LogP contribution in [-0.4, -0.2) is 29.0 Å². The van der Waals surface area contributed by atoms with Gasteiger partial charge in [0.25, 0.3) is 0 Å². The van der Waals surface area contributed by atoms with Crippen LogP contribution in [0.15, 0.2) is 53.3 Å². The van der Waals surface area contributed by atoms with Gasteiger partial charge in [0, 0.05) is 6.42 Å². The van der Waals surface area contributed by atoms with E-state index < -0.39 is 0 Å². The summed E-state index contributed by atoms with van der Waals surface area (Å²) in [4.78, 5) is 12.2. The Morgan fingerprint density at radius 2 is 1.78 bits per heavy atom. The van der Waals surface area contributed by atoms with Crippen molar-refractivity contribution in [1.82, 2.24) is 14.8 Å². The van der Waals surface area contributed by atoms with E-state index >= 15 is 0 Å². The maximum atomic E-state index is 12.2. The van der Waals surface area contributed by atoms with Crippen molar-refractivity contribution >= 4 is 0 Å². The minimum atomic E-state index is -0.294. The first-order chi connectivity index (χ1) is 11.2.